The molecule has 186 valence electrons. The van der Waals surface area contributed by atoms with Crippen molar-refractivity contribution in [1.82, 2.24) is 24.5 Å². The molecule has 3 aromatic heterocycles. The minimum absolute atomic E-state index is 0.000450. The first-order chi connectivity index (χ1) is 17.2. The van der Waals surface area contributed by atoms with Crippen LogP contribution in [-0.2, 0) is 4.79 Å². The molecule has 0 bridgehead atoms. The van der Waals surface area contributed by atoms with Crippen LogP contribution in [0.25, 0.3) is 16.8 Å². The molecule has 5 rings (SSSR count). The average molecular weight is 497 g/mol. The monoisotopic (exact) mass is 497 g/mol. The van der Waals surface area contributed by atoms with Crippen LogP contribution in [0.5, 0.6) is 0 Å². The first kappa shape index (κ1) is 24.8. The van der Waals surface area contributed by atoms with Gasteiger partial charge in [-0.15, -0.1) is 0 Å². The Morgan fingerprint density at radius 3 is 2.19 bits per heavy atom. The second kappa shape index (κ2) is 10.5. The largest absolute Gasteiger partial charge is 0.490 e. The Morgan fingerprint density at radius 2 is 1.58 bits per heavy atom. The number of pyridine rings is 2. The van der Waals surface area contributed by atoms with Gasteiger partial charge in [0.25, 0.3) is 5.91 Å². The lowest BCUT2D eigenvalue weighted by Gasteiger charge is -2.30. The van der Waals surface area contributed by atoms with Crippen LogP contribution in [0.15, 0.2) is 73.1 Å². The van der Waals surface area contributed by atoms with Gasteiger partial charge in [0.2, 0.25) is 0 Å². The number of carboxylic acids is 1. The van der Waals surface area contributed by atoms with Crippen LogP contribution >= 0.6 is 0 Å². The SMILES string of the molecule is O=C(O)C(F)(F)F.O=C(c1ccccn1)N1CCC(c2nc3ccc(-c4ccccc4)cn3n2)CC1. The van der Waals surface area contributed by atoms with Gasteiger partial charge in [-0.2, -0.15) is 18.3 Å². The van der Waals surface area contributed by atoms with Gasteiger partial charge in [0.1, 0.15) is 5.69 Å². The summed E-state index contributed by atoms with van der Waals surface area (Å²) in [6.07, 6.45) is 0.327. The number of fused-ring (bicyclic) bond motifs is 1. The Bertz CT molecular complexity index is 1340. The Hall–Kier alpha value is -4.28. The van der Waals surface area contributed by atoms with E-state index in [1.807, 2.05) is 52.0 Å². The molecule has 1 amide bonds. The van der Waals surface area contributed by atoms with Gasteiger partial charge in [-0.25, -0.2) is 14.3 Å². The van der Waals surface area contributed by atoms with Crippen molar-refractivity contribution in [2.24, 2.45) is 0 Å². The van der Waals surface area contributed by atoms with Crippen LogP contribution < -0.4 is 0 Å². The molecular weight excluding hydrogens is 475 g/mol. The Morgan fingerprint density at radius 1 is 0.917 bits per heavy atom. The maximum atomic E-state index is 12.6. The third-order valence-corrected chi connectivity index (χ3v) is 5.73. The zero-order valence-electron chi connectivity index (χ0n) is 19.0. The second-order valence-electron chi connectivity index (χ2n) is 8.14. The molecule has 1 aromatic carbocycles. The zero-order chi connectivity index (χ0) is 25.7. The third-order valence-electron chi connectivity index (χ3n) is 5.73. The van der Waals surface area contributed by atoms with Crippen LogP contribution in [0.4, 0.5) is 13.2 Å². The van der Waals surface area contributed by atoms with Gasteiger partial charge in [-0.3, -0.25) is 9.78 Å². The van der Waals surface area contributed by atoms with Crippen LogP contribution in [0, 0.1) is 0 Å². The third kappa shape index (κ3) is 5.85. The molecule has 4 aromatic rings. The summed E-state index contributed by atoms with van der Waals surface area (Å²) in [5, 5.41) is 11.9. The number of nitrogens with zero attached hydrogens (tertiary/aromatic N) is 5. The lowest BCUT2D eigenvalue weighted by atomic mass is 9.96. The molecule has 36 heavy (non-hydrogen) atoms. The molecule has 0 radical (unpaired) electrons. The van der Waals surface area contributed by atoms with Crippen LogP contribution in [0.3, 0.4) is 0 Å². The zero-order valence-corrected chi connectivity index (χ0v) is 19.0. The fourth-order valence-electron chi connectivity index (χ4n) is 3.87. The number of benzene rings is 1. The van der Waals surface area contributed by atoms with Crippen molar-refractivity contribution in [1.29, 1.82) is 0 Å². The first-order valence-corrected chi connectivity index (χ1v) is 11.1. The van der Waals surface area contributed by atoms with E-state index in [9.17, 15) is 18.0 Å². The first-order valence-electron chi connectivity index (χ1n) is 11.1. The Balaban J connectivity index is 0.000000384. The van der Waals surface area contributed by atoms with Crippen LogP contribution in [-0.4, -0.2) is 60.7 Å². The van der Waals surface area contributed by atoms with Gasteiger partial charge < -0.3 is 10.0 Å². The fourth-order valence-corrected chi connectivity index (χ4v) is 3.87. The van der Waals surface area contributed by atoms with Crippen molar-refractivity contribution in [3.05, 3.63) is 84.6 Å². The van der Waals surface area contributed by atoms with Crippen molar-refractivity contribution >= 4 is 17.5 Å². The number of aliphatic carboxylic acids is 1. The molecule has 1 aliphatic rings. The van der Waals surface area contributed by atoms with E-state index in [1.54, 1.807) is 12.3 Å². The fraction of sp³-hybridized carbons (Fsp3) is 0.240. The number of aromatic nitrogens is 4. The van der Waals surface area contributed by atoms with Crippen molar-refractivity contribution in [3.63, 3.8) is 0 Å². The standard InChI is InChI=1S/C23H21N5O.C2HF3O2/c29-23(20-8-4-5-13-24-20)27-14-11-18(12-15-27)22-25-21-10-9-19(16-28(21)26-22)17-6-2-1-3-7-17;3-2(4,5)1(6)7/h1-10,13,16,18H,11-12,14-15H2;(H,6,7). The summed E-state index contributed by atoms with van der Waals surface area (Å²) in [6, 6.07) is 19.8. The summed E-state index contributed by atoms with van der Waals surface area (Å²) < 4.78 is 33.6. The molecule has 0 aliphatic carbocycles. The van der Waals surface area contributed by atoms with Gasteiger partial charge in [0.15, 0.2) is 11.5 Å². The van der Waals surface area contributed by atoms with E-state index in [-0.39, 0.29) is 11.8 Å². The number of carbonyl (C=O) groups excluding carboxylic acids is 1. The molecule has 8 nitrogen and oxygen atoms in total. The number of carbonyl (C=O) groups is 2. The minimum Gasteiger partial charge on any atom is -0.475 e. The van der Waals surface area contributed by atoms with E-state index in [1.165, 1.54) is 0 Å². The number of alkyl halides is 3. The summed E-state index contributed by atoms with van der Waals surface area (Å²) in [5.74, 6) is -1.63. The molecule has 11 heteroatoms. The number of halogens is 3. The molecule has 1 aliphatic heterocycles. The second-order valence-corrected chi connectivity index (χ2v) is 8.14. The quantitative estimate of drug-likeness (QED) is 0.449. The number of likely N-dealkylation sites (tertiary alicyclic amines) is 1. The van der Waals surface area contributed by atoms with Crippen LogP contribution in [0.2, 0.25) is 0 Å². The molecule has 0 spiro atoms. The van der Waals surface area contributed by atoms with E-state index < -0.39 is 12.1 Å². The smallest absolute Gasteiger partial charge is 0.475 e. The predicted octanol–water partition coefficient (Wildman–Crippen LogP) is 4.44. The summed E-state index contributed by atoms with van der Waals surface area (Å²) in [5.41, 5.74) is 3.63. The lowest BCUT2D eigenvalue weighted by Crippen LogP contribution is -2.38. The average Bonchev–Trinajstić information content (AvgIpc) is 3.33. The lowest BCUT2D eigenvalue weighted by molar-refractivity contribution is -0.192. The normalized spacial score (nSPS) is 14.2. The van der Waals surface area contributed by atoms with Crippen molar-refractivity contribution in [2.75, 3.05) is 13.1 Å². The van der Waals surface area contributed by atoms with E-state index in [0.29, 0.717) is 18.8 Å². The molecule has 0 atom stereocenters. The molecule has 1 fully saturated rings. The topological polar surface area (TPSA) is 101 Å². The maximum absolute atomic E-state index is 12.6. The highest BCUT2D eigenvalue weighted by molar-refractivity contribution is 5.92. The van der Waals surface area contributed by atoms with Gasteiger partial charge in [0, 0.05) is 37.0 Å². The van der Waals surface area contributed by atoms with E-state index in [0.717, 1.165) is 35.4 Å². The summed E-state index contributed by atoms with van der Waals surface area (Å²) in [4.78, 5) is 32.3. The van der Waals surface area contributed by atoms with Gasteiger partial charge in [-0.05, 0) is 42.7 Å². The highest BCUT2D eigenvalue weighted by atomic mass is 19.4. The predicted molar refractivity (Wildman–Crippen MR) is 124 cm³/mol. The van der Waals surface area contributed by atoms with Gasteiger partial charge in [-0.1, -0.05) is 36.4 Å². The highest BCUT2D eigenvalue weighted by Crippen LogP contribution is 2.27. The van der Waals surface area contributed by atoms with Crippen molar-refractivity contribution < 1.29 is 27.9 Å². The summed E-state index contributed by atoms with van der Waals surface area (Å²) in [7, 11) is 0. The van der Waals surface area contributed by atoms with E-state index in [4.69, 9.17) is 20.0 Å². The minimum atomic E-state index is -5.08. The number of amides is 1. The van der Waals surface area contributed by atoms with Gasteiger partial charge in [0.05, 0.1) is 0 Å². The molecule has 4 heterocycles. The van der Waals surface area contributed by atoms with Crippen molar-refractivity contribution in [2.45, 2.75) is 24.9 Å². The summed E-state index contributed by atoms with van der Waals surface area (Å²) in [6.45, 7) is 1.40. The van der Waals surface area contributed by atoms with E-state index >= 15 is 0 Å². The molecular formula is C25H22F3N5O3. The maximum Gasteiger partial charge on any atom is 0.490 e. The number of hydrogen-bond donors (Lipinski definition) is 1. The number of rotatable bonds is 3. The Labute approximate surface area is 204 Å². The molecule has 0 unspecified atom stereocenters. The summed E-state index contributed by atoms with van der Waals surface area (Å²) >= 11 is 0. The van der Waals surface area contributed by atoms with E-state index in [2.05, 4.69) is 23.2 Å². The number of carboxylic acid groups (broad SMARTS) is 1. The van der Waals surface area contributed by atoms with Crippen molar-refractivity contribution in [3.8, 4) is 11.1 Å². The Kier molecular flexibility index (Phi) is 7.28. The molecule has 0 saturated carbocycles. The molecule has 1 N–H and O–H groups in total. The molecule has 1 saturated heterocycles. The van der Waals surface area contributed by atoms with Gasteiger partial charge >= 0.3 is 12.1 Å². The van der Waals surface area contributed by atoms with Crippen LogP contribution in [0.1, 0.15) is 35.1 Å². The highest BCUT2D eigenvalue weighted by Gasteiger charge is 2.38. The number of piperidine rings is 1. The number of hydrogen-bond acceptors (Lipinski definition) is 5.